The summed E-state index contributed by atoms with van der Waals surface area (Å²) < 4.78 is 16.7. The van der Waals surface area contributed by atoms with Crippen LogP contribution in [0, 0.1) is 0 Å². The number of carbonyl (C=O) groups is 1. The van der Waals surface area contributed by atoms with Gasteiger partial charge >= 0.3 is 0 Å². The van der Waals surface area contributed by atoms with E-state index in [1.165, 1.54) is 0 Å². The first-order valence-corrected chi connectivity index (χ1v) is 9.51. The van der Waals surface area contributed by atoms with Gasteiger partial charge in [-0.1, -0.05) is 11.6 Å². The Hall–Kier alpha value is -1.50. The summed E-state index contributed by atoms with van der Waals surface area (Å²) in [5.41, 5.74) is 0.711. The van der Waals surface area contributed by atoms with Gasteiger partial charge < -0.3 is 19.5 Å². The summed E-state index contributed by atoms with van der Waals surface area (Å²) in [7, 11) is 0. The average molecular weight is 383 g/mol. The number of halogens is 1. The summed E-state index contributed by atoms with van der Waals surface area (Å²) in [6.45, 7) is 9.31. The second-order valence-electron chi connectivity index (χ2n) is 7.32. The van der Waals surface area contributed by atoms with Crippen molar-refractivity contribution in [1.82, 2.24) is 10.2 Å². The van der Waals surface area contributed by atoms with Gasteiger partial charge in [0.05, 0.1) is 37.9 Å². The summed E-state index contributed by atoms with van der Waals surface area (Å²) in [6.07, 6.45) is 1.08. The molecule has 0 spiro atoms. The summed E-state index contributed by atoms with van der Waals surface area (Å²) >= 11 is 6.30. The second-order valence-corrected chi connectivity index (χ2v) is 7.73. The highest BCUT2D eigenvalue weighted by atomic mass is 35.5. The van der Waals surface area contributed by atoms with Crippen molar-refractivity contribution in [3.05, 3.63) is 22.7 Å². The minimum atomic E-state index is -0.109. The number of ether oxygens (including phenoxy) is 3. The minimum absolute atomic E-state index is 0.0307. The van der Waals surface area contributed by atoms with Gasteiger partial charge in [-0.3, -0.25) is 9.69 Å². The zero-order chi connectivity index (χ0) is 18.6. The van der Waals surface area contributed by atoms with E-state index in [1.807, 2.05) is 6.07 Å². The van der Waals surface area contributed by atoms with E-state index in [0.29, 0.717) is 36.3 Å². The Morgan fingerprint density at radius 2 is 1.92 bits per heavy atom. The van der Waals surface area contributed by atoms with Crippen LogP contribution in [0.25, 0.3) is 0 Å². The van der Waals surface area contributed by atoms with Gasteiger partial charge in [-0.15, -0.1) is 0 Å². The minimum Gasteiger partial charge on any atom is -0.489 e. The molecule has 1 aromatic carbocycles. The molecule has 2 aliphatic heterocycles. The summed E-state index contributed by atoms with van der Waals surface area (Å²) in [5, 5.41) is 3.53. The van der Waals surface area contributed by atoms with Gasteiger partial charge in [-0.25, -0.2) is 0 Å². The Morgan fingerprint density at radius 3 is 2.69 bits per heavy atom. The number of benzene rings is 1. The predicted octanol–water partition coefficient (Wildman–Crippen LogP) is 2.27. The summed E-state index contributed by atoms with van der Waals surface area (Å²) in [4.78, 5) is 14.8. The number of nitrogens with one attached hydrogen (secondary N) is 1. The van der Waals surface area contributed by atoms with Crippen LogP contribution in [0.1, 0.15) is 25.8 Å². The van der Waals surface area contributed by atoms with Crippen LogP contribution in [0.15, 0.2) is 12.1 Å². The fraction of sp³-hybridized carbons (Fsp3) is 0.632. The molecule has 6 nitrogen and oxygen atoms in total. The van der Waals surface area contributed by atoms with E-state index in [-0.39, 0.29) is 17.9 Å². The fourth-order valence-corrected chi connectivity index (χ4v) is 3.52. The van der Waals surface area contributed by atoms with Gasteiger partial charge in [0.2, 0.25) is 5.91 Å². The van der Waals surface area contributed by atoms with Gasteiger partial charge in [0.1, 0.15) is 0 Å². The first-order chi connectivity index (χ1) is 12.5. The lowest BCUT2D eigenvalue weighted by Crippen LogP contribution is -2.55. The molecule has 26 heavy (non-hydrogen) atoms. The molecule has 3 rings (SSSR count). The van der Waals surface area contributed by atoms with Crippen LogP contribution in [0.2, 0.25) is 5.02 Å². The molecule has 0 unspecified atom stereocenters. The van der Waals surface area contributed by atoms with E-state index in [9.17, 15) is 4.79 Å². The Labute approximate surface area is 159 Å². The molecule has 0 saturated carbocycles. The van der Waals surface area contributed by atoms with E-state index in [0.717, 1.165) is 38.3 Å². The van der Waals surface area contributed by atoms with E-state index in [4.69, 9.17) is 25.8 Å². The Morgan fingerprint density at radius 1 is 1.19 bits per heavy atom. The van der Waals surface area contributed by atoms with Crippen molar-refractivity contribution in [3.8, 4) is 11.5 Å². The highest BCUT2D eigenvalue weighted by Crippen LogP contribution is 2.38. The SMILES string of the molecule is CC(C)(CNC(=O)Cc1cc(Cl)c2c(c1)OCCCO2)N1CCOCC1. The van der Waals surface area contributed by atoms with Crippen molar-refractivity contribution in [1.29, 1.82) is 0 Å². The van der Waals surface area contributed by atoms with E-state index < -0.39 is 0 Å². The molecule has 0 atom stereocenters. The van der Waals surface area contributed by atoms with Crippen LogP contribution in [0.4, 0.5) is 0 Å². The van der Waals surface area contributed by atoms with Crippen LogP contribution >= 0.6 is 11.6 Å². The molecular formula is C19H27ClN2O4. The molecular weight excluding hydrogens is 356 g/mol. The Balaban J connectivity index is 1.58. The molecule has 0 bridgehead atoms. The van der Waals surface area contributed by atoms with Crippen molar-refractivity contribution in [2.45, 2.75) is 32.2 Å². The first kappa shape index (κ1) is 19.3. The van der Waals surface area contributed by atoms with Gasteiger partial charge in [-0.2, -0.15) is 0 Å². The molecule has 2 heterocycles. The number of nitrogens with zero attached hydrogens (tertiary/aromatic N) is 1. The van der Waals surface area contributed by atoms with Gasteiger partial charge in [0.15, 0.2) is 11.5 Å². The molecule has 144 valence electrons. The summed E-state index contributed by atoms with van der Waals surface area (Å²) in [6, 6.07) is 3.63. The number of carbonyl (C=O) groups excluding carboxylic acids is 1. The van der Waals surface area contributed by atoms with Crippen LogP contribution in [-0.4, -0.2) is 62.4 Å². The number of morpholine rings is 1. The van der Waals surface area contributed by atoms with Crippen molar-refractivity contribution in [2.75, 3.05) is 46.1 Å². The molecule has 7 heteroatoms. The largest absolute Gasteiger partial charge is 0.489 e. The standard InChI is InChI=1S/C19H27ClN2O4/c1-19(2,22-4-8-24-9-5-22)13-21-17(23)12-14-10-15(20)18-16(11-14)25-6-3-7-26-18/h10-11H,3-9,12-13H2,1-2H3,(H,21,23). The molecule has 1 N–H and O–H groups in total. The predicted molar refractivity (Wildman–Crippen MR) is 100 cm³/mol. The molecule has 0 aliphatic carbocycles. The molecule has 0 aromatic heterocycles. The van der Waals surface area contributed by atoms with E-state index in [1.54, 1.807) is 6.07 Å². The van der Waals surface area contributed by atoms with Crippen molar-refractivity contribution in [3.63, 3.8) is 0 Å². The van der Waals surface area contributed by atoms with Crippen LogP contribution in [0.3, 0.4) is 0 Å². The van der Waals surface area contributed by atoms with Gasteiger partial charge in [-0.05, 0) is 31.5 Å². The average Bonchev–Trinajstić information content (AvgIpc) is 2.87. The number of amides is 1. The molecule has 0 radical (unpaired) electrons. The lowest BCUT2D eigenvalue weighted by molar-refractivity contribution is -0.121. The Bertz CT molecular complexity index is 645. The number of hydrogen-bond acceptors (Lipinski definition) is 5. The second kappa shape index (κ2) is 8.46. The number of fused-ring (bicyclic) bond motifs is 1. The van der Waals surface area contributed by atoms with E-state index >= 15 is 0 Å². The van der Waals surface area contributed by atoms with Crippen LogP contribution in [0.5, 0.6) is 11.5 Å². The van der Waals surface area contributed by atoms with Gasteiger partial charge in [0, 0.05) is 31.6 Å². The molecule has 2 aliphatic rings. The Kier molecular flexibility index (Phi) is 6.27. The first-order valence-electron chi connectivity index (χ1n) is 9.13. The fourth-order valence-electron chi connectivity index (χ4n) is 3.23. The topological polar surface area (TPSA) is 60.0 Å². The van der Waals surface area contributed by atoms with Crippen LogP contribution in [-0.2, 0) is 16.0 Å². The lowest BCUT2D eigenvalue weighted by atomic mass is 10.0. The molecule has 1 amide bonds. The van der Waals surface area contributed by atoms with Gasteiger partial charge in [0.25, 0.3) is 0 Å². The number of hydrogen-bond donors (Lipinski definition) is 1. The maximum atomic E-state index is 12.4. The third kappa shape index (κ3) is 4.81. The third-order valence-electron chi connectivity index (χ3n) is 4.81. The highest BCUT2D eigenvalue weighted by molar-refractivity contribution is 6.32. The molecule has 1 fully saturated rings. The van der Waals surface area contributed by atoms with Crippen LogP contribution < -0.4 is 14.8 Å². The third-order valence-corrected chi connectivity index (χ3v) is 5.09. The van der Waals surface area contributed by atoms with Crippen molar-refractivity contribution < 1.29 is 19.0 Å². The zero-order valence-electron chi connectivity index (χ0n) is 15.5. The maximum Gasteiger partial charge on any atom is 0.224 e. The monoisotopic (exact) mass is 382 g/mol. The highest BCUT2D eigenvalue weighted by Gasteiger charge is 2.28. The van der Waals surface area contributed by atoms with E-state index in [2.05, 4.69) is 24.1 Å². The van der Waals surface area contributed by atoms with Crippen molar-refractivity contribution >= 4 is 17.5 Å². The zero-order valence-corrected chi connectivity index (χ0v) is 16.2. The normalized spacial score (nSPS) is 18.3. The maximum absolute atomic E-state index is 12.4. The smallest absolute Gasteiger partial charge is 0.224 e. The number of rotatable bonds is 5. The molecule has 1 aromatic rings. The molecule has 1 saturated heterocycles. The quantitative estimate of drug-likeness (QED) is 0.846. The lowest BCUT2D eigenvalue weighted by Gasteiger charge is -2.40. The van der Waals surface area contributed by atoms with Crippen molar-refractivity contribution in [2.24, 2.45) is 0 Å². The summed E-state index contributed by atoms with van der Waals surface area (Å²) in [5.74, 6) is 1.16.